The molecule has 0 radical (unpaired) electrons. The van der Waals surface area contributed by atoms with Crippen LogP contribution in [0.15, 0.2) is 164 Å². The number of hydrogen-bond donors (Lipinski definition) is 0. The minimum Gasteiger partial charge on any atom is -0.310 e. The van der Waals surface area contributed by atoms with Gasteiger partial charge in [0.15, 0.2) is 0 Å². The Morgan fingerprint density at radius 1 is 0.468 bits per heavy atom. The van der Waals surface area contributed by atoms with Gasteiger partial charge in [0.25, 0.3) is 0 Å². The molecule has 62 heavy (non-hydrogen) atoms. The lowest BCUT2D eigenvalue weighted by molar-refractivity contribution is -0.231. The predicted octanol–water partition coefficient (Wildman–Crippen LogP) is 15.2. The van der Waals surface area contributed by atoms with Crippen LogP contribution in [0.5, 0.6) is 0 Å². The summed E-state index contributed by atoms with van der Waals surface area (Å²) in [4.78, 5) is 2.74. The number of hydrogen-bond acceptors (Lipinski definition) is 1. The normalized spacial score (nSPS) is 28.5. The lowest BCUT2D eigenvalue weighted by Gasteiger charge is -2.76. The molecule has 7 aromatic carbocycles. The first-order valence-electron chi connectivity index (χ1n) is 23.7. The van der Waals surface area contributed by atoms with Crippen LogP contribution >= 0.6 is 0 Å². The van der Waals surface area contributed by atoms with Crippen LogP contribution in [0.25, 0.3) is 22.3 Å². The highest BCUT2D eigenvalue weighted by Crippen LogP contribution is 2.90. The van der Waals surface area contributed by atoms with Gasteiger partial charge in [0, 0.05) is 16.7 Å². The van der Waals surface area contributed by atoms with E-state index in [1.165, 1.54) is 105 Å². The molecule has 0 saturated heterocycles. The molecule has 2 bridgehead atoms. The highest BCUT2D eigenvalue weighted by molar-refractivity contribution is 5.97. The first-order valence-corrected chi connectivity index (χ1v) is 23.7. The van der Waals surface area contributed by atoms with E-state index in [1.807, 2.05) is 0 Å². The maximum atomic E-state index is 2.74. The minimum atomic E-state index is -0.481. The van der Waals surface area contributed by atoms with Crippen LogP contribution in [0, 0.1) is 29.1 Å². The first-order chi connectivity index (χ1) is 30.2. The fourth-order valence-corrected chi connectivity index (χ4v) is 16.4. The molecule has 0 heterocycles. The van der Waals surface area contributed by atoms with Gasteiger partial charge in [0.1, 0.15) is 0 Å². The third-order valence-corrected chi connectivity index (χ3v) is 18.6. The maximum absolute atomic E-state index is 2.74. The fraction of sp³-hybridized carbons (Fsp3) is 0.311. The second-order valence-electron chi connectivity index (χ2n) is 21.9. The molecule has 0 N–H and O–H groups in total. The monoisotopic (exact) mass is 801 g/mol. The van der Waals surface area contributed by atoms with Crippen LogP contribution in [0.2, 0.25) is 0 Å². The van der Waals surface area contributed by atoms with Gasteiger partial charge < -0.3 is 4.90 Å². The highest BCUT2D eigenvalue weighted by Gasteiger charge is 2.84. The Bertz CT molecular complexity index is 2990. The van der Waals surface area contributed by atoms with Crippen molar-refractivity contribution in [1.29, 1.82) is 0 Å². The molecule has 2 spiro atoms. The summed E-state index contributed by atoms with van der Waals surface area (Å²) in [5, 5.41) is 0. The number of benzene rings is 7. The van der Waals surface area contributed by atoms with Crippen molar-refractivity contribution in [1.82, 2.24) is 0 Å². The van der Waals surface area contributed by atoms with Crippen LogP contribution in [-0.4, -0.2) is 0 Å². The average molecular weight is 802 g/mol. The van der Waals surface area contributed by atoms with E-state index in [0.717, 1.165) is 30.1 Å². The predicted molar refractivity (Wildman–Crippen MR) is 255 cm³/mol. The molecule has 7 aliphatic carbocycles. The Balaban J connectivity index is 1.06. The molecule has 1 heteroatoms. The molecular formula is C61H55N. The number of anilines is 3. The Hall–Kier alpha value is -5.66. The van der Waals surface area contributed by atoms with Crippen molar-refractivity contribution in [2.45, 2.75) is 87.9 Å². The van der Waals surface area contributed by atoms with Gasteiger partial charge in [-0.25, -0.2) is 0 Å². The van der Waals surface area contributed by atoms with Crippen molar-refractivity contribution in [3.63, 3.8) is 0 Å². The minimum absolute atomic E-state index is 0.00731. The summed E-state index contributed by atoms with van der Waals surface area (Å²) < 4.78 is 0. The zero-order valence-electron chi connectivity index (χ0n) is 36.6. The van der Waals surface area contributed by atoms with Crippen LogP contribution in [0.1, 0.15) is 111 Å². The lowest BCUT2D eigenvalue weighted by atomic mass is 9.27. The van der Waals surface area contributed by atoms with Gasteiger partial charge in [-0.1, -0.05) is 167 Å². The van der Waals surface area contributed by atoms with Gasteiger partial charge in [-0.05, 0) is 164 Å². The third kappa shape index (κ3) is 4.05. The van der Waals surface area contributed by atoms with Gasteiger partial charge in [-0.3, -0.25) is 0 Å². The molecule has 0 aliphatic heterocycles. The highest BCUT2D eigenvalue weighted by atomic mass is 15.2. The zero-order valence-corrected chi connectivity index (χ0v) is 36.6. The van der Waals surface area contributed by atoms with E-state index in [9.17, 15) is 0 Å². The summed E-state index contributed by atoms with van der Waals surface area (Å²) in [6.45, 7) is 9.96. The molecule has 304 valence electrons. The molecule has 6 atom stereocenters. The second kappa shape index (κ2) is 11.9. The van der Waals surface area contributed by atoms with Gasteiger partial charge in [-0.2, -0.15) is 0 Å². The van der Waals surface area contributed by atoms with Crippen LogP contribution in [-0.2, 0) is 21.7 Å². The van der Waals surface area contributed by atoms with E-state index in [2.05, 4.69) is 196 Å². The fourth-order valence-electron chi connectivity index (χ4n) is 16.4. The van der Waals surface area contributed by atoms with Crippen molar-refractivity contribution in [2.75, 3.05) is 4.90 Å². The Labute approximate surface area is 367 Å². The van der Waals surface area contributed by atoms with E-state index in [1.54, 1.807) is 11.1 Å². The molecule has 6 unspecified atom stereocenters. The summed E-state index contributed by atoms with van der Waals surface area (Å²) >= 11 is 0. The first kappa shape index (κ1) is 35.9. The van der Waals surface area contributed by atoms with E-state index in [-0.39, 0.29) is 16.2 Å². The van der Waals surface area contributed by atoms with Crippen molar-refractivity contribution in [2.24, 2.45) is 29.1 Å². The lowest BCUT2D eigenvalue weighted by Crippen LogP contribution is -2.73. The Morgan fingerprint density at radius 2 is 1.05 bits per heavy atom. The smallest absolute Gasteiger partial charge is 0.0714 e. The van der Waals surface area contributed by atoms with Crippen molar-refractivity contribution >= 4 is 17.1 Å². The Kier molecular flexibility index (Phi) is 6.87. The molecule has 4 fully saturated rings. The molecule has 7 aromatic rings. The quantitative estimate of drug-likeness (QED) is 0.168. The van der Waals surface area contributed by atoms with E-state index >= 15 is 0 Å². The van der Waals surface area contributed by atoms with Crippen LogP contribution < -0.4 is 4.90 Å². The van der Waals surface area contributed by atoms with Gasteiger partial charge in [0.05, 0.1) is 16.8 Å². The summed E-state index contributed by atoms with van der Waals surface area (Å²) in [6, 6.07) is 63.9. The van der Waals surface area contributed by atoms with E-state index in [4.69, 9.17) is 0 Å². The second-order valence-corrected chi connectivity index (χ2v) is 21.9. The summed E-state index contributed by atoms with van der Waals surface area (Å²) in [5.74, 6) is 3.43. The molecule has 14 rings (SSSR count). The van der Waals surface area contributed by atoms with Crippen LogP contribution in [0.4, 0.5) is 17.1 Å². The van der Waals surface area contributed by atoms with Gasteiger partial charge >= 0.3 is 0 Å². The van der Waals surface area contributed by atoms with Crippen LogP contribution in [0.3, 0.4) is 0 Å². The molecule has 7 aliphatic rings. The summed E-state index contributed by atoms with van der Waals surface area (Å²) in [5.41, 5.74) is 21.4. The number of nitrogens with zero attached hydrogens (tertiary/aromatic N) is 1. The largest absolute Gasteiger partial charge is 0.310 e. The molecule has 0 aromatic heterocycles. The third-order valence-electron chi connectivity index (χ3n) is 18.6. The topological polar surface area (TPSA) is 3.24 Å². The standard InChI is InChI=1S/C61H55N/c1-57(2)31-32-58(3,4)56-50(57)28-16-30-52(56)62(51-29-15-27-49-55(51)45-23-10-13-26-48(45)61(49)53-34-38-33-41-36-54(61)59(41,53)37-38)42-20-14-19-40(35-42)60(39-17-6-5-7-18-39)46-24-11-8-21-43(46)44-22-9-12-25-47(44)60/h5-30,35,38,41,53-54H,31-34,36-37H2,1-4H3. The zero-order chi connectivity index (χ0) is 41.4. The van der Waals surface area contributed by atoms with Crippen molar-refractivity contribution in [3.05, 3.63) is 208 Å². The molecule has 1 nitrogen and oxygen atoms in total. The van der Waals surface area contributed by atoms with E-state index in [0.29, 0.717) is 5.41 Å². The number of fused-ring (bicyclic) bond motifs is 12. The van der Waals surface area contributed by atoms with Gasteiger partial charge in [0.2, 0.25) is 0 Å². The number of rotatable bonds is 5. The molecule has 4 saturated carbocycles. The maximum Gasteiger partial charge on any atom is 0.0714 e. The summed E-state index contributed by atoms with van der Waals surface area (Å²) in [6.07, 6.45) is 8.16. The average Bonchev–Trinajstić information content (AvgIpc) is 4.01. The molecule has 0 amide bonds. The van der Waals surface area contributed by atoms with Crippen molar-refractivity contribution < 1.29 is 0 Å². The molecular weight excluding hydrogens is 747 g/mol. The van der Waals surface area contributed by atoms with E-state index < -0.39 is 5.41 Å². The summed E-state index contributed by atoms with van der Waals surface area (Å²) in [7, 11) is 0. The Morgan fingerprint density at radius 3 is 1.79 bits per heavy atom. The SMILES string of the molecule is CC1(C)CCC(C)(C)c2c(N(c3cccc(C4(c5ccccc5)c5ccccc5-c5ccccc54)c3)c3cccc4c3-c3ccccc3C43C4CC5CC6CC3C64C5)cccc21. The van der Waals surface area contributed by atoms with Crippen molar-refractivity contribution in [3.8, 4) is 22.3 Å². The van der Waals surface area contributed by atoms with Gasteiger partial charge in [-0.15, -0.1) is 0 Å².